The van der Waals surface area contributed by atoms with Crippen molar-refractivity contribution in [1.29, 1.82) is 0 Å². The van der Waals surface area contributed by atoms with E-state index in [1.165, 1.54) is 57.8 Å². The summed E-state index contributed by atoms with van der Waals surface area (Å²) in [7, 11) is 0. The molecule has 0 heterocycles. The van der Waals surface area contributed by atoms with Crippen LogP contribution in [0, 0.1) is 56.2 Å². The Morgan fingerprint density at radius 2 is 1.27 bits per heavy atom. The van der Waals surface area contributed by atoms with E-state index in [1.54, 1.807) is 5.57 Å². The predicted molar refractivity (Wildman–Crippen MR) is 270 cm³/mol. The molecule has 0 bridgehead atoms. The molecule has 0 spiro atoms. The average Bonchev–Trinajstić information content (AvgIpc) is 3.24. The Kier molecular flexibility index (Phi) is 19.4. The van der Waals surface area contributed by atoms with Crippen LogP contribution in [0.2, 0.25) is 0 Å². The average molecular weight is 921 g/mol. The fourth-order valence-electron chi connectivity index (χ4n) is 15.2. The van der Waals surface area contributed by atoms with Crippen LogP contribution in [0.15, 0.2) is 11.6 Å². The number of esters is 1. The second kappa shape index (κ2) is 23.5. The number of nitrogens with one attached hydrogen (secondary N) is 2. The highest BCUT2D eigenvalue weighted by Gasteiger charge is 2.69. The van der Waals surface area contributed by atoms with E-state index in [0.717, 1.165) is 122 Å². The molecule has 5 rings (SSSR count). The summed E-state index contributed by atoms with van der Waals surface area (Å²) in [5.41, 5.74) is 1.87. The summed E-state index contributed by atoms with van der Waals surface area (Å²) < 4.78 is 6.43. The van der Waals surface area contributed by atoms with Gasteiger partial charge in [-0.2, -0.15) is 0 Å². The predicted octanol–water partition coefficient (Wildman–Crippen LogP) is 14.5. The van der Waals surface area contributed by atoms with Crippen molar-refractivity contribution in [3.63, 3.8) is 0 Å². The van der Waals surface area contributed by atoms with E-state index in [2.05, 4.69) is 72.1 Å². The van der Waals surface area contributed by atoms with Crippen molar-refractivity contribution in [2.75, 3.05) is 6.54 Å². The number of unbranched alkanes of at least 4 members (excludes halogenated alkanes) is 15. The Hall–Kier alpha value is -2.38. The number of carbonyl (C=O) groups excluding carboxylic acids is 3. The number of aliphatic carboxylic acids is 1. The van der Waals surface area contributed by atoms with Crippen LogP contribution < -0.4 is 10.6 Å². The molecule has 5 aliphatic carbocycles. The van der Waals surface area contributed by atoms with E-state index in [0.29, 0.717) is 36.5 Å². The van der Waals surface area contributed by atoms with Crippen LogP contribution in [0.1, 0.15) is 255 Å². The van der Waals surface area contributed by atoms with Gasteiger partial charge in [0.1, 0.15) is 12.1 Å². The van der Waals surface area contributed by atoms with E-state index >= 15 is 0 Å². The van der Waals surface area contributed by atoms with Crippen molar-refractivity contribution in [3.8, 4) is 0 Å². The lowest BCUT2D eigenvalue weighted by atomic mass is 9.33. The van der Waals surface area contributed by atoms with E-state index in [4.69, 9.17) is 4.74 Å². The van der Waals surface area contributed by atoms with Gasteiger partial charge in [0.05, 0.1) is 5.41 Å². The molecule has 378 valence electrons. The quantitative estimate of drug-likeness (QED) is 0.0451. The highest BCUT2D eigenvalue weighted by molar-refractivity contribution is 5.84. The number of hydrogen-bond acceptors (Lipinski definition) is 5. The summed E-state index contributed by atoms with van der Waals surface area (Å²) in [5.74, 6) is 0.427. The van der Waals surface area contributed by atoms with Crippen LogP contribution in [-0.2, 0) is 23.9 Å². The van der Waals surface area contributed by atoms with Gasteiger partial charge in [-0.15, -0.1) is 0 Å². The van der Waals surface area contributed by atoms with Gasteiger partial charge in [0, 0.05) is 24.8 Å². The summed E-state index contributed by atoms with van der Waals surface area (Å²) in [4.78, 5) is 51.5. The Balaban J connectivity index is 1.12. The third kappa shape index (κ3) is 12.3. The SMILES string of the molecule is CCCCCCCCCCCC(=O)O[C@H]1CC[C@@]2(C)C(CC[C@]3(C)C2CC=C2C4CC(C)(C)CC[C@]4(C(=O)NCCCCCCCCCCC(=O)N[C@H](C(=O)O)C(C)C)CC[C@]23C)C1(C)C. The van der Waals surface area contributed by atoms with Crippen LogP contribution in [0.25, 0.3) is 0 Å². The van der Waals surface area contributed by atoms with Crippen LogP contribution >= 0.6 is 0 Å². The molecule has 0 aromatic heterocycles. The standard InChI is InChI=1S/C58H100N2O6/c1-11-12-13-14-15-16-20-23-26-29-49(62)66-47-33-34-55(8)45(54(47,6)7)32-35-57(10)46(55)31-30-43-44-41-53(4,5)36-38-58(44,39-37-56(43,57)9)52(65)59-40-27-24-21-18-17-19-22-25-28-48(61)60-50(42(2)3)51(63)64/h30,42,44-47,50H,11-29,31-41H2,1-10H3,(H,59,65)(H,60,61)(H,63,64)/t44?,45?,46?,47-,50-,55-,56+,57+,58-/m0/s1. The third-order valence-corrected chi connectivity index (χ3v) is 19.7. The van der Waals surface area contributed by atoms with Crippen LogP contribution in [0.4, 0.5) is 0 Å². The highest BCUT2D eigenvalue weighted by atomic mass is 16.5. The molecule has 0 aliphatic heterocycles. The molecule has 66 heavy (non-hydrogen) atoms. The van der Waals surface area contributed by atoms with E-state index in [1.807, 2.05) is 13.8 Å². The fourth-order valence-corrected chi connectivity index (χ4v) is 15.2. The third-order valence-electron chi connectivity index (χ3n) is 19.7. The Bertz CT molecular complexity index is 1650. The number of allylic oxidation sites excluding steroid dienone is 2. The highest BCUT2D eigenvalue weighted by Crippen LogP contribution is 2.76. The molecular formula is C58H100N2O6. The fraction of sp³-hybridized carbons (Fsp3) is 0.897. The molecule has 0 aromatic carbocycles. The molecular weight excluding hydrogens is 821 g/mol. The van der Waals surface area contributed by atoms with Gasteiger partial charge in [-0.05, 0) is 129 Å². The molecule has 8 heteroatoms. The van der Waals surface area contributed by atoms with Gasteiger partial charge < -0.3 is 20.5 Å². The molecule has 0 saturated heterocycles. The zero-order chi connectivity index (χ0) is 48.4. The molecule has 3 N–H and O–H groups in total. The van der Waals surface area contributed by atoms with Crippen molar-refractivity contribution in [3.05, 3.63) is 11.6 Å². The number of amides is 2. The molecule has 2 amide bonds. The first-order valence-corrected chi connectivity index (χ1v) is 27.9. The minimum absolute atomic E-state index is 0.00911. The van der Waals surface area contributed by atoms with Gasteiger partial charge in [-0.1, -0.05) is 171 Å². The first kappa shape index (κ1) is 54.6. The normalized spacial score (nSPS) is 32.4. The first-order valence-electron chi connectivity index (χ1n) is 27.9. The molecule has 0 radical (unpaired) electrons. The zero-order valence-corrected chi connectivity index (χ0v) is 44.2. The smallest absolute Gasteiger partial charge is 0.326 e. The van der Waals surface area contributed by atoms with E-state index in [9.17, 15) is 24.3 Å². The monoisotopic (exact) mass is 921 g/mol. The summed E-state index contributed by atoms with van der Waals surface area (Å²) in [6.07, 6.45) is 34.1. The summed E-state index contributed by atoms with van der Waals surface area (Å²) in [6, 6.07) is -0.823. The number of rotatable bonds is 26. The summed E-state index contributed by atoms with van der Waals surface area (Å²) >= 11 is 0. The zero-order valence-electron chi connectivity index (χ0n) is 44.2. The Labute approximate surface area is 403 Å². The molecule has 3 unspecified atom stereocenters. The maximum Gasteiger partial charge on any atom is 0.326 e. The van der Waals surface area contributed by atoms with Crippen molar-refractivity contribution in [2.24, 2.45) is 56.2 Å². The van der Waals surface area contributed by atoms with Crippen LogP contribution in [0.3, 0.4) is 0 Å². The van der Waals surface area contributed by atoms with Crippen LogP contribution in [0.5, 0.6) is 0 Å². The molecule has 5 aliphatic rings. The molecule has 4 saturated carbocycles. The number of carbonyl (C=O) groups is 4. The first-order chi connectivity index (χ1) is 31.2. The molecule has 8 nitrogen and oxygen atoms in total. The summed E-state index contributed by atoms with van der Waals surface area (Å²) in [5, 5.41) is 15.5. The van der Waals surface area contributed by atoms with Gasteiger partial charge in [-0.25, -0.2) is 4.79 Å². The maximum atomic E-state index is 14.6. The second-order valence-corrected chi connectivity index (χ2v) is 25.3. The molecule has 0 aromatic rings. The van der Waals surface area contributed by atoms with Crippen molar-refractivity contribution < 1.29 is 29.0 Å². The number of carboxylic acid groups (broad SMARTS) is 1. The number of hydrogen-bond donors (Lipinski definition) is 3. The van der Waals surface area contributed by atoms with Gasteiger partial charge in [0.25, 0.3) is 0 Å². The minimum atomic E-state index is -0.974. The molecule has 4 fully saturated rings. The van der Waals surface area contributed by atoms with Gasteiger partial charge in [0.15, 0.2) is 0 Å². The number of carboxylic acids is 1. The van der Waals surface area contributed by atoms with Crippen molar-refractivity contribution in [1.82, 2.24) is 10.6 Å². The minimum Gasteiger partial charge on any atom is -0.480 e. The van der Waals surface area contributed by atoms with Crippen molar-refractivity contribution in [2.45, 2.75) is 268 Å². The van der Waals surface area contributed by atoms with Crippen molar-refractivity contribution >= 4 is 23.8 Å². The van der Waals surface area contributed by atoms with Gasteiger partial charge in [0.2, 0.25) is 11.8 Å². The number of ether oxygens (including phenoxy) is 1. The summed E-state index contributed by atoms with van der Waals surface area (Å²) in [6.45, 7) is 24.2. The van der Waals surface area contributed by atoms with Gasteiger partial charge in [-0.3, -0.25) is 14.4 Å². The lowest BCUT2D eigenvalue weighted by molar-refractivity contribution is -0.213. The lowest BCUT2D eigenvalue weighted by Crippen LogP contribution is -2.65. The molecule has 9 atom stereocenters. The second-order valence-electron chi connectivity index (χ2n) is 25.3. The topological polar surface area (TPSA) is 122 Å². The van der Waals surface area contributed by atoms with Crippen LogP contribution in [-0.4, -0.2) is 47.6 Å². The Morgan fingerprint density at radius 1 is 0.697 bits per heavy atom. The van der Waals surface area contributed by atoms with E-state index < -0.39 is 12.0 Å². The maximum absolute atomic E-state index is 14.6. The van der Waals surface area contributed by atoms with Gasteiger partial charge >= 0.3 is 11.9 Å². The lowest BCUT2D eigenvalue weighted by Gasteiger charge is -2.71. The largest absolute Gasteiger partial charge is 0.480 e. The van der Waals surface area contributed by atoms with E-state index in [-0.39, 0.29) is 56.4 Å². The number of fused-ring (bicyclic) bond motifs is 7. The Morgan fingerprint density at radius 3 is 1.88 bits per heavy atom.